The summed E-state index contributed by atoms with van der Waals surface area (Å²) in [5, 5.41) is 14.5. The molecule has 1 atom stereocenters. The van der Waals surface area contributed by atoms with E-state index < -0.39 is 0 Å². The Morgan fingerprint density at radius 3 is 2.65 bits per heavy atom. The van der Waals surface area contributed by atoms with Gasteiger partial charge in [0.1, 0.15) is 5.82 Å². The van der Waals surface area contributed by atoms with Crippen molar-refractivity contribution in [1.29, 1.82) is 0 Å². The second-order valence-corrected chi connectivity index (χ2v) is 5.53. The Morgan fingerprint density at radius 1 is 1.30 bits per heavy atom. The number of aliphatic hydroxyl groups excluding tert-OH is 1. The molecule has 1 aliphatic carbocycles. The summed E-state index contributed by atoms with van der Waals surface area (Å²) in [6.45, 7) is 2.53. The summed E-state index contributed by atoms with van der Waals surface area (Å²) >= 11 is 0. The van der Waals surface area contributed by atoms with Gasteiger partial charge in [-0.25, -0.2) is 9.67 Å². The monoisotopic (exact) mass is 271 g/mol. The fraction of sp³-hybridized carbons (Fsp3) is 0.500. The third kappa shape index (κ3) is 2.61. The summed E-state index contributed by atoms with van der Waals surface area (Å²) < 4.78 is 1.92. The molecule has 2 aromatic rings. The van der Waals surface area contributed by atoms with Crippen LogP contribution in [-0.4, -0.2) is 26.0 Å². The molecule has 1 N–H and O–H groups in total. The van der Waals surface area contributed by atoms with Crippen LogP contribution in [0.5, 0.6) is 0 Å². The van der Waals surface area contributed by atoms with Crippen molar-refractivity contribution in [2.75, 3.05) is 0 Å². The van der Waals surface area contributed by atoms with Crippen molar-refractivity contribution in [3.63, 3.8) is 0 Å². The van der Waals surface area contributed by atoms with Gasteiger partial charge in [0.15, 0.2) is 5.82 Å². The van der Waals surface area contributed by atoms with E-state index in [2.05, 4.69) is 5.10 Å². The van der Waals surface area contributed by atoms with Crippen LogP contribution in [0.25, 0.3) is 11.4 Å². The van der Waals surface area contributed by atoms with E-state index in [-0.39, 0.29) is 6.10 Å². The smallest absolute Gasteiger partial charge is 0.181 e. The molecule has 0 bridgehead atoms. The van der Waals surface area contributed by atoms with Crippen LogP contribution in [0.2, 0.25) is 0 Å². The van der Waals surface area contributed by atoms with Gasteiger partial charge in [0.05, 0.1) is 12.6 Å². The minimum atomic E-state index is -0.348. The second kappa shape index (κ2) is 5.75. The van der Waals surface area contributed by atoms with Crippen molar-refractivity contribution in [2.24, 2.45) is 0 Å². The van der Waals surface area contributed by atoms with Crippen LogP contribution in [0.1, 0.15) is 44.3 Å². The van der Waals surface area contributed by atoms with Crippen LogP contribution in [0, 0.1) is 0 Å². The summed E-state index contributed by atoms with van der Waals surface area (Å²) in [6, 6.07) is 10.1. The Bertz CT molecular complexity index is 560. The number of hydrogen-bond donors (Lipinski definition) is 1. The number of aromatic nitrogens is 3. The third-order valence-electron chi connectivity index (χ3n) is 4.06. The van der Waals surface area contributed by atoms with Crippen LogP contribution in [0.4, 0.5) is 0 Å². The average molecular weight is 271 g/mol. The lowest BCUT2D eigenvalue weighted by atomic mass is 9.85. The van der Waals surface area contributed by atoms with Crippen molar-refractivity contribution >= 4 is 0 Å². The van der Waals surface area contributed by atoms with E-state index in [0.29, 0.717) is 12.5 Å². The molecular weight excluding hydrogens is 250 g/mol. The van der Waals surface area contributed by atoms with Gasteiger partial charge in [-0.05, 0) is 19.3 Å². The van der Waals surface area contributed by atoms with E-state index >= 15 is 0 Å². The van der Waals surface area contributed by atoms with Crippen molar-refractivity contribution < 1.29 is 5.11 Å². The van der Waals surface area contributed by atoms with E-state index in [9.17, 15) is 5.11 Å². The molecule has 1 aliphatic rings. The molecule has 0 saturated heterocycles. The van der Waals surface area contributed by atoms with Crippen molar-refractivity contribution in [2.45, 2.75) is 51.2 Å². The van der Waals surface area contributed by atoms with E-state index in [1.165, 1.54) is 19.3 Å². The normalized spacial score (nSPS) is 16.9. The maximum Gasteiger partial charge on any atom is 0.181 e. The predicted molar refractivity (Wildman–Crippen MR) is 78.3 cm³/mol. The lowest BCUT2D eigenvalue weighted by molar-refractivity contribution is 0.142. The molecule has 0 radical (unpaired) electrons. The first-order valence-electron chi connectivity index (χ1n) is 7.46. The number of aliphatic hydroxyl groups is 1. The van der Waals surface area contributed by atoms with Gasteiger partial charge in [0.25, 0.3) is 0 Å². The first-order chi connectivity index (χ1) is 9.78. The molecule has 106 valence electrons. The van der Waals surface area contributed by atoms with Gasteiger partial charge >= 0.3 is 0 Å². The van der Waals surface area contributed by atoms with Crippen LogP contribution in [0.15, 0.2) is 30.3 Å². The molecule has 1 aromatic heterocycles. The maximum absolute atomic E-state index is 9.90. The molecule has 1 fully saturated rings. The Kier molecular flexibility index (Phi) is 3.83. The molecule has 0 spiro atoms. The maximum atomic E-state index is 9.90. The molecule has 4 heteroatoms. The van der Waals surface area contributed by atoms with E-state index in [1.54, 1.807) is 0 Å². The molecule has 1 aromatic carbocycles. The Morgan fingerprint density at radius 2 is 2.05 bits per heavy atom. The third-order valence-corrected chi connectivity index (χ3v) is 4.06. The number of hydrogen-bond acceptors (Lipinski definition) is 3. The summed E-state index contributed by atoms with van der Waals surface area (Å²) in [7, 11) is 0. The average Bonchev–Trinajstić information content (AvgIpc) is 2.81. The lowest BCUT2D eigenvalue weighted by Crippen LogP contribution is -2.21. The number of rotatable bonds is 5. The molecular formula is C16H21N3O. The first kappa shape index (κ1) is 13.3. The Hall–Kier alpha value is -1.68. The molecule has 4 nitrogen and oxygen atoms in total. The highest BCUT2D eigenvalue weighted by molar-refractivity contribution is 5.54. The zero-order valence-electron chi connectivity index (χ0n) is 11.9. The summed E-state index contributed by atoms with van der Waals surface area (Å²) in [5.74, 6) is 2.34. The molecule has 3 rings (SSSR count). The highest BCUT2D eigenvalue weighted by Gasteiger charge is 2.26. The van der Waals surface area contributed by atoms with Crippen molar-refractivity contribution in [3.05, 3.63) is 36.2 Å². The van der Waals surface area contributed by atoms with Crippen LogP contribution < -0.4 is 0 Å². The van der Waals surface area contributed by atoms with E-state index in [4.69, 9.17) is 4.98 Å². The van der Waals surface area contributed by atoms with Crippen molar-refractivity contribution in [3.8, 4) is 11.4 Å². The molecule has 0 amide bonds. The van der Waals surface area contributed by atoms with E-state index in [1.807, 2.05) is 41.9 Å². The molecule has 20 heavy (non-hydrogen) atoms. The van der Waals surface area contributed by atoms with Crippen LogP contribution >= 0.6 is 0 Å². The van der Waals surface area contributed by atoms with Gasteiger partial charge in [0.2, 0.25) is 0 Å². The van der Waals surface area contributed by atoms with Gasteiger partial charge in [-0.3, -0.25) is 0 Å². The van der Waals surface area contributed by atoms with Gasteiger partial charge in [-0.1, -0.05) is 43.7 Å². The Balaban J connectivity index is 1.92. The predicted octanol–water partition coefficient (Wildman–Crippen LogP) is 2.98. The zero-order chi connectivity index (χ0) is 13.9. The summed E-state index contributed by atoms with van der Waals surface area (Å²) in [4.78, 5) is 4.73. The van der Waals surface area contributed by atoms with Crippen LogP contribution in [-0.2, 0) is 6.54 Å². The quantitative estimate of drug-likeness (QED) is 0.909. The minimum Gasteiger partial charge on any atom is -0.391 e. The SMILES string of the molecule is CC[C@H](O)Cn1nc(-c2ccccc2)nc1C1CCC1. The summed E-state index contributed by atoms with van der Waals surface area (Å²) in [5.41, 5.74) is 1.04. The zero-order valence-corrected chi connectivity index (χ0v) is 11.9. The van der Waals surface area contributed by atoms with Crippen molar-refractivity contribution in [1.82, 2.24) is 14.8 Å². The highest BCUT2D eigenvalue weighted by atomic mass is 16.3. The van der Waals surface area contributed by atoms with Gasteiger partial charge in [0, 0.05) is 11.5 Å². The molecule has 0 unspecified atom stereocenters. The number of nitrogens with zero attached hydrogens (tertiary/aromatic N) is 3. The molecule has 0 aliphatic heterocycles. The highest BCUT2D eigenvalue weighted by Crippen LogP contribution is 2.36. The van der Waals surface area contributed by atoms with Crippen LogP contribution in [0.3, 0.4) is 0 Å². The fourth-order valence-corrected chi connectivity index (χ4v) is 2.50. The van der Waals surface area contributed by atoms with Gasteiger partial charge < -0.3 is 5.11 Å². The topological polar surface area (TPSA) is 50.9 Å². The lowest BCUT2D eigenvalue weighted by Gasteiger charge is -2.25. The largest absolute Gasteiger partial charge is 0.391 e. The standard InChI is InChI=1S/C16H21N3O/c1-2-14(20)11-19-16(13-9-6-10-13)17-15(18-19)12-7-4-3-5-8-12/h3-5,7-8,13-14,20H,2,6,9-11H2,1H3/t14-/m0/s1. The minimum absolute atomic E-state index is 0.348. The summed E-state index contributed by atoms with van der Waals surface area (Å²) in [6.07, 6.45) is 4.04. The van der Waals surface area contributed by atoms with Gasteiger partial charge in [-0.15, -0.1) is 0 Å². The Labute approximate surface area is 119 Å². The van der Waals surface area contributed by atoms with E-state index in [0.717, 1.165) is 23.6 Å². The fourth-order valence-electron chi connectivity index (χ4n) is 2.50. The first-order valence-corrected chi connectivity index (χ1v) is 7.46. The molecule has 1 heterocycles. The molecule has 1 saturated carbocycles. The van der Waals surface area contributed by atoms with Gasteiger partial charge in [-0.2, -0.15) is 5.10 Å². The second-order valence-electron chi connectivity index (χ2n) is 5.53. The number of benzene rings is 1.